The zero-order valence-electron chi connectivity index (χ0n) is 11.2. The third-order valence-electron chi connectivity index (χ3n) is 3.90. The van der Waals surface area contributed by atoms with Crippen LogP contribution >= 0.6 is 11.8 Å². The van der Waals surface area contributed by atoms with Crippen LogP contribution in [0.1, 0.15) is 33.1 Å². The molecule has 0 spiro atoms. The number of hydrogen-bond donors (Lipinski definition) is 0. The summed E-state index contributed by atoms with van der Waals surface area (Å²) in [4.78, 5) is 27.6. The molecular weight excluding hydrogens is 248 g/mol. The summed E-state index contributed by atoms with van der Waals surface area (Å²) in [6, 6.07) is 0.401. The fourth-order valence-corrected chi connectivity index (χ4v) is 3.84. The minimum absolute atomic E-state index is 0.121. The Morgan fingerprint density at radius 1 is 1.39 bits per heavy atom. The van der Waals surface area contributed by atoms with Crippen molar-refractivity contribution >= 4 is 22.8 Å². The van der Waals surface area contributed by atoms with E-state index in [1.165, 1.54) is 11.8 Å². The first-order valence-electron chi connectivity index (χ1n) is 6.79. The summed E-state index contributed by atoms with van der Waals surface area (Å²) in [5.74, 6) is 0.240. The number of nitrogens with zero attached hydrogens (tertiary/aromatic N) is 2. The van der Waals surface area contributed by atoms with E-state index >= 15 is 0 Å². The van der Waals surface area contributed by atoms with Gasteiger partial charge in [-0.3, -0.25) is 9.59 Å². The summed E-state index contributed by atoms with van der Waals surface area (Å²) in [6.45, 7) is 7.81. The number of amides is 1. The molecule has 0 saturated carbocycles. The van der Waals surface area contributed by atoms with Gasteiger partial charge in [-0.15, -0.1) is 0 Å². The van der Waals surface area contributed by atoms with Gasteiger partial charge in [0.25, 0.3) is 0 Å². The number of thioether (sulfide) groups is 1. The van der Waals surface area contributed by atoms with Crippen LogP contribution in [0.15, 0.2) is 0 Å². The summed E-state index contributed by atoms with van der Waals surface area (Å²) < 4.78 is 0. The first-order chi connectivity index (χ1) is 8.60. The van der Waals surface area contributed by atoms with E-state index in [-0.39, 0.29) is 16.3 Å². The smallest absolute Gasteiger partial charge is 0.224 e. The Balaban J connectivity index is 1.86. The van der Waals surface area contributed by atoms with Gasteiger partial charge in [-0.25, -0.2) is 0 Å². The van der Waals surface area contributed by atoms with Crippen LogP contribution in [0.4, 0.5) is 0 Å². The summed E-state index contributed by atoms with van der Waals surface area (Å²) in [5.41, 5.74) is 0. The number of hydrogen-bond acceptors (Lipinski definition) is 4. The molecule has 2 heterocycles. The molecule has 0 aromatic heterocycles. The summed E-state index contributed by atoms with van der Waals surface area (Å²) in [6.07, 6.45) is 2.70. The Kier molecular flexibility index (Phi) is 4.67. The number of carbonyl (C=O) groups is 2. The van der Waals surface area contributed by atoms with E-state index in [9.17, 15) is 9.59 Å². The molecule has 0 aromatic carbocycles. The number of rotatable bonds is 3. The molecule has 102 valence electrons. The van der Waals surface area contributed by atoms with E-state index in [1.807, 2.05) is 4.90 Å². The minimum atomic E-state index is 0.121. The first-order valence-corrected chi connectivity index (χ1v) is 7.67. The molecule has 2 aliphatic heterocycles. The highest BCUT2D eigenvalue weighted by Gasteiger charge is 2.36. The minimum Gasteiger partial charge on any atom is -0.338 e. The zero-order valence-corrected chi connectivity index (χ0v) is 12.0. The van der Waals surface area contributed by atoms with Crippen molar-refractivity contribution in [3.63, 3.8) is 0 Å². The van der Waals surface area contributed by atoms with Crippen LogP contribution in [-0.4, -0.2) is 58.3 Å². The van der Waals surface area contributed by atoms with E-state index in [1.54, 1.807) is 6.92 Å². The molecule has 0 aliphatic carbocycles. The van der Waals surface area contributed by atoms with Crippen LogP contribution in [0.25, 0.3) is 0 Å². The highest BCUT2D eigenvalue weighted by molar-refractivity contribution is 8.14. The fourth-order valence-electron chi connectivity index (χ4n) is 2.91. The van der Waals surface area contributed by atoms with Crippen molar-refractivity contribution in [2.75, 3.05) is 26.2 Å². The Morgan fingerprint density at radius 3 is 2.61 bits per heavy atom. The van der Waals surface area contributed by atoms with E-state index < -0.39 is 0 Å². The molecule has 18 heavy (non-hydrogen) atoms. The SMILES string of the molecule is CCN1CCC(N2CC(SC(C)=O)CC2=O)CC1. The van der Waals surface area contributed by atoms with Gasteiger partial charge in [0, 0.05) is 44.3 Å². The Morgan fingerprint density at radius 2 is 2.06 bits per heavy atom. The molecule has 2 aliphatic rings. The molecule has 5 heteroatoms. The predicted octanol–water partition coefficient (Wildman–Crippen LogP) is 1.35. The number of likely N-dealkylation sites (tertiary alicyclic amines) is 2. The molecule has 0 N–H and O–H groups in total. The van der Waals surface area contributed by atoms with Gasteiger partial charge in [-0.1, -0.05) is 18.7 Å². The first kappa shape index (κ1) is 13.9. The van der Waals surface area contributed by atoms with Gasteiger partial charge in [0.1, 0.15) is 0 Å². The quantitative estimate of drug-likeness (QED) is 0.776. The third kappa shape index (κ3) is 3.26. The monoisotopic (exact) mass is 270 g/mol. The van der Waals surface area contributed by atoms with Crippen LogP contribution in [0.5, 0.6) is 0 Å². The highest BCUT2D eigenvalue weighted by Crippen LogP contribution is 2.28. The maximum absolute atomic E-state index is 12.0. The van der Waals surface area contributed by atoms with Crippen molar-refractivity contribution in [1.82, 2.24) is 9.80 Å². The molecule has 0 bridgehead atoms. The lowest BCUT2D eigenvalue weighted by molar-refractivity contribution is -0.130. The summed E-state index contributed by atoms with van der Waals surface area (Å²) in [5, 5.41) is 0.301. The number of piperidine rings is 1. The molecule has 2 rings (SSSR count). The summed E-state index contributed by atoms with van der Waals surface area (Å²) in [7, 11) is 0. The molecular formula is C13H22N2O2S. The lowest BCUT2D eigenvalue weighted by atomic mass is 10.0. The van der Waals surface area contributed by atoms with Gasteiger partial charge in [-0.2, -0.15) is 0 Å². The van der Waals surface area contributed by atoms with Gasteiger partial charge < -0.3 is 9.80 Å². The van der Waals surface area contributed by atoms with Crippen molar-refractivity contribution < 1.29 is 9.59 Å². The van der Waals surface area contributed by atoms with Crippen molar-refractivity contribution in [2.45, 2.75) is 44.4 Å². The topological polar surface area (TPSA) is 40.6 Å². The average Bonchev–Trinajstić information content (AvgIpc) is 2.69. The highest BCUT2D eigenvalue weighted by atomic mass is 32.2. The van der Waals surface area contributed by atoms with E-state index in [0.29, 0.717) is 12.5 Å². The van der Waals surface area contributed by atoms with Crippen molar-refractivity contribution in [3.05, 3.63) is 0 Å². The lowest BCUT2D eigenvalue weighted by Gasteiger charge is -2.36. The Labute approximate surface area is 113 Å². The molecule has 2 saturated heterocycles. The van der Waals surface area contributed by atoms with Gasteiger partial charge in [-0.05, 0) is 19.4 Å². The maximum Gasteiger partial charge on any atom is 0.224 e. The fraction of sp³-hybridized carbons (Fsp3) is 0.846. The predicted molar refractivity (Wildman–Crippen MR) is 73.5 cm³/mol. The van der Waals surface area contributed by atoms with Crippen molar-refractivity contribution in [1.29, 1.82) is 0 Å². The molecule has 0 aromatic rings. The van der Waals surface area contributed by atoms with Crippen LogP contribution in [0.2, 0.25) is 0 Å². The zero-order chi connectivity index (χ0) is 13.1. The van der Waals surface area contributed by atoms with E-state index in [0.717, 1.165) is 39.0 Å². The molecule has 1 atom stereocenters. The van der Waals surface area contributed by atoms with Gasteiger partial charge in [0.15, 0.2) is 5.12 Å². The average molecular weight is 270 g/mol. The van der Waals surface area contributed by atoms with Gasteiger partial charge in [0.05, 0.1) is 0 Å². The van der Waals surface area contributed by atoms with E-state index in [4.69, 9.17) is 0 Å². The molecule has 2 fully saturated rings. The Bertz CT molecular complexity index is 327. The van der Waals surface area contributed by atoms with Gasteiger partial charge >= 0.3 is 0 Å². The van der Waals surface area contributed by atoms with Gasteiger partial charge in [0.2, 0.25) is 5.91 Å². The molecule has 4 nitrogen and oxygen atoms in total. The Hall–Kier alpha value is -0.550. The second kappa shape index (κ2) is 6.06. The van der Waals surface area contributed by atoms with Crippen LogP contribution in [0, 0.1) is 0 Å². The van der Waals surface area contributed by atoms with Crippen molar-refractivity contribution in [2.24, 2.45) is 0 Å². The third-order valence-corrected chi connectivity index (χ3v) is 4.88. The second-order valence-corrected chi connectivity index (χ2v) is 6.62. The lowest BCUT2D eigenvalue weighted by Crippen LogP contribution is -2.45. The van der Waals surface area contributed by atoms with Crippen LogP contribution in [0.3, 0.4) is 0 Å². The summed E-state index contributed by atoms with van der Waals surface area (Å²) >= 11 is 1.33. The van der Waals surface area contributed by atoms with Crippen LogP contribution in [-0.2, 0) is 9.59 Å². The van der Waals surface area contributed by atoms with E-state index in [2.05, 4.69) is 11.8 Å². The molecule has 1 amide bonds. The van der Waals surface area contributed by atoms with Crippen molar-refractivity contribution in [3.8, 4) is 0 Å². The molecule has 1 unspecified atom stereocenters. The second-order valence-electron chi connectivity index (χ2n) is 5.15. The maximum atomic E-state index is 12.0. The standard InChI is InChI=1S/C13H22N2O2S/c1-3-14-6-4-11(5-7-14)15-9-12(8-13(15)17)18-10(2)16/h11-12H,3-9H2,1-2H3. The largest absolute Gasteiger partial charge is 0.338 e. The number of carbonyl (C=O) groups excluding carboxylic acids is 2. The van der Waals surface area contributed by atoms with Crippen LogP contribution < -0.4 is 0 Å². The molecule has 0 radical (unpaired) electrons. The normalized spacial score (nSPS) is 26.9.